The van der Waals surface area contributed by atoms with Gasteiger partial charge in [0.1, 0.15) is 23.9 Å². The van der Waals surface area contributed by atoms with Gasteiger partial charge in [-0.15, -0.1) is 13.2 Å². The number of hydrogen-bond donors (Lipinski definition) is 1. The van der Waals surface area contributed by atoms with Gasteiger partial charge in [-0.25, -0.2) is 0 Å². The summed E-state index contributed by atoms with van der Waals surface area (Å²) in [6.07, 6.45) is 0.636. The highest BCUT2D eigenvalue weighted by Gasteiger charge is 2.31. The lowest BCUT2D eigenvalue weighted by molar-refractivity contribution is -0.274. The number of likely N-dealkylation sites (tertiary alicyclic amines) is 1. The first-order valence-corrected chi connectivity index (χ1v) is 12.0. The predicted molar refractivity (Wildman–Crippen MR) is 132 cm³/mol. The Balaban J connectivity index is 1.36. The number of nitrogens with one attached hydrogen (secondary N) is 1. The van der Waals surface area contributed by atoms with E-state index in [4.69, 9.17) is 9.47 Å². The van der Waals surface area contributed by atoms with Crippen LogP contribution in [-0.4, -0.2) is 59.8 Å². The fourth-order valence-electron chi connectivity index (χ4n) is 4.12. The number of piperidine rings is 1. The van der Waals surface area contributed by atoms with Crippen molar-refractivity contribution in [2.24, 2.45) is 7.05 Å². The third-order valence-corrected chi connectivity index (χ3v) is 5.90. The van der Waals surface area contributed by atoms with Gasteiger partial charge >= 0.3 is 6.36 Å². The molecule has 8 nitrogen and oxygen atoms in total. The molecular weight excluding hydrogens is 489 g/mol. The Kier molecular flexibility index (Phi) is 8.54. The first-order chi connectivity index (χ1) is 17.8. The molecule has 1 aliphatic rings. The van der Waals surface area contributed by atoms with Gasteiger partial charge in [-0.3, -0.25) is 14.4 Å². The van der Waals surface area contributed by atoms with E-state index in [1.807, 2.05) is 25.2 Å². The summed E-state index contributed by atoms with van der Waals surface area (Å²) < 4.78 is 53.9. The number of anilines is 1. The van der Waals surface area contributed by atoms with Crippen molar-refractivity contribution in [1.29, 1.82) is 0 Å². The molecule has 1 aliphatic heterocycles. The third kappa shape index (κ3) is 7.88. The Morgan fingerprint density at radius 2 is 1.73 bits per heavy atom. The normalized spacial score (nSPS) is 14.3. The van der Waals surface area contributed by atoms with Crippen LogP contribution in [0.2, 0.25) is 0 Å². The first kappa shape index (κ1) is 26.3. The summed E-state index contributed by atoms with van der Waals surface area (Å²) in [4.78, 5) is 14.9. The Morgan fingerprint density at radius 3 is 2.41 bits per heavy atom. The number of carbonyl (C=O) groups is 1. The highest BCUT2D eigenvalue weighted by molar-refractivity contribution is 5.93. The molecule has 0 unspecified atom stereocenters. The fraction of sp³-hybridized carbons (Fsp3) is 0.385. The summed E-state index contributed by atoms with van der Waals surface area (Å²) in [6.45, 7) is 3.27. The monoisotopic (exact) mass is 518 g/mol. The van der Waals surface area contributed by atoms with Crippen molar-refractivity contribution in [3.05, 3.63) is 54.7 Å². The topological polar surface area (TPSA) is 77.9 Å². The van der Waals surface area contributed by atoms with Crippen molar-refractivity contribution in [2.75, 3.05) is 38.2 Å². The van der Waals surface area contributed by atoms with Crippen LogP contribution in [0.15, 0.2) is 54.7 Å². The maximum atomic E-state index is 12.5. The highest BCUT2D eigenvalue weighted by Crippen LogP contribution is 2.32. The number of benzene rings is 2. The molecule has 4 rings (SSSR count). The number of halogens is 3. The van der Waals surface area contributed by atoms with Crippen LogP contribution in [0.5, 0.6) is 17.2 Å². The number of ether oxygens (including phenoxy) is 3. The number of rotatable bonds is 10. The minimum absolute atomic E-state index is 0.234. The number of nitrogens with zero attached hydrogens (tertiary/aromatic N) is 3. The molecule has 0 atom stereocenters. The summed E-state index contributed by atoms with van der Waals surface area (Å²) in [5.74, 6) is 0.129. The van der Waals surface area contributed by atoms with Gasteiger partial charge in [-0.2, -0.15) is 5.10 Å². The van der Waals surface area contributed by atoms with Crippen LogP contribution in [0.1, 0.15) is 19.3 Å². The van der Waals surface area contributed by atoms with Crippen molar-refractivity contribution in [3.63, 3.8) is 0 Å². The zero-order valence-corrected chi connectivity index (χ0v) is 20.5. The van der Waals surface area contributed by atoms with E-state index in [2.05, 4.69) is 20.1 Å². The Bertz CT molecular complexity index is 1180. The Hall–Kier alpha value is -3.73. The van der Waals surface area contributed by atoms with Crippen LogP contribution in [0.25, 0.3) is 11.3 Å². The summed E-state index contributed by atoms with van der Waals surface area (Å²) in [5.41, 5.74) is 2.17. The van der Waals surface area contributed by atoms with Crippen molar-refractivity contribution in [1.82, 2.24) is 14.7 Å². The fourth-order valence-corrected chi connectivity index (χ4v) is 4.12. The van der Waals surface area contributed by atoms with Crippen molar-refractivity contribution in [3.8, 4) is 28.5 Å². The lowest BCUT2D eigenvalue weighted by Gasteiger charge is -2.26. The van der Waals surface area contributed by atoms with Crippen molar-refractivity contribution >= 4 is 11.6 Å². The van der Waals surface area contributed by atoms with E-state index in [-0.39, 0.29) is 18.1 Å². The first-order valence-electron chi connectivity index (χ1n) is 12.0. The van der Waals surface area contributed by atoms with E-state index in [0.29, 0.717) is 18.0 Å². The minimum atomic E-state index is -4.77. The third-order valence-electron chi connectivity index (χ3n) is 5.90. The molecule has 3 aromatic rings. The van der Waals surface area contributed by atoms with Crippen LogP contribution in [0.4, 0.5) is 18.9 Å². The van der Waals surface area contributed by atoms with Gasteiger partial charge in [0.05, 0.1) is 5.69 Å². The van der Waals surface area contributed by atoms with Crippen LogP contribution < -0.4 is 19.5 Å². The number of aryl methyl sites for hydroxylation is 1. The molecule has 1 fully saturated rings. The van der Waals surface area contributed by atoms with E-state index in [1.165, 1.54) is 31.4 Å². The average Bonchev–Trinajstić information content (AvgIpc) is 3.29. The van der Waals surface area contributed by atoms with E-state index in [1.54, 1.807) is 16.9 Å². The molecule has 1 N–H and O–H groups in total. The van der Waals surface area contributed by atoms with E-state index < -0.39 is 12.3 Å². The molecule has 0 aliphatic carbocycles. The lowest BCUT2D eigenvalue weighted by Crippen LogP contribution is -2.33. The molecule has 2 aromatic carbocycles. The molecule has 11 heteroatoms. The van der Waals surface area contributed by atoms with E-state index in [9.17, 15) is 18.0 Å². The van der Waals surface area contributed by atoms with Crippen molar-refractivity contribution in [2.45, 2.75) is 25.6 Å². The average molecular weight is 519 g/mol. The van der Waals surface area contributed by atoms with Gasteiger partial charge in [0, 0.05) is 31.0 Å². The van der Waals surface area contributed by atoms with Crippen LogP contribution >= 0.6 is 0 Å². The molecule has 0 radical (unpaired) electrons. The zero-order valence-electron chi connectivity index (χ0n) is 20.5. The SMILES string of the molecule is Cn1nccc1-c1cc(NC(=O)COc2ccc(OC(F)(F)F)cc2)ccc1OCCN1CCCCC1. The van der Waals surface area contributed by atoms with Gasteiger partial charge < -0.3 is 19.5 Å². The summed E-state index contributed by atoms with van der Waals surface area (Å²) >= 11 is 0. The second kappa shape index (κ2) is 12.0. The van der Waals surface area contributed by atoms with Gasteiger partial charge in [-0.05, 0) is 74.5 Å². The zero-order chi connectivity index (χ0) is 26.3. The number of amides is 1. The van der Waals surface area contributed by atoms with Gasteiger partial charge in [0.2, 0.25) is 0 Å². The van der Waals surface area contributed by atoms with Crippen LogP contribution in [0.3, 0.4) is 0 Å². The summed E-state index contributed by atoms with van der Waals surface area (Å²) in [5, 5.41) is 7.02. The molecule has 1 aromatic heterocycles. The number of alkyl halides is 3. The van der Waals surface area contributed by atoms with Gasteiger partial charge in [0.15, 0.2) is 6.61 Å². The van der Waals surface area contributed by atoms with Crippen LogP contribution in [0, 0.1) is 0 Å². The molecular formula is C26H29F3N4O4. The summed E-state index contributed by atoms with van der Waals surface area (Å²) in [7, 11) is 1.83. The number of hydrogen-bond acceptors (Lipinski definition) is 6. The van der Waals surface area contributed by atoms with E-state index in [0.717, 1.165) is 43.0 Å². The van der Waals surface area contributed by atoms with Crippen LogP contribution in [-0.2, 0) is 11.8 Å². The minimum Gasteiger partial charge on any atom is -0.492 e. The van der Waals surface area contributed by atoms with Gasteiger partial charge in [-0.1, -0.05) is 6.42 Å². The number of carbonyl (C=O) groups excluding carboxylic acids is 1. The van der Waals surface area contributed by atoms with Gasteiger partial charge in [0.25, 0.3) is 5.91 Å². The molecule has 0 bridgehead atoms. The molecule has 2 heterocycles. The number of aromatic nitrogens is 2. The Labute approximate surface area is 212 Å². The maximum absolute atomic E-state index is 12.5. The molecule has 198 valence electrons. The maximum Gasteiger partial charge on any atom is 0.573 e. The van der Waals surface area contributed by atoms with E-state index >= 15 is 0 Å². The second-order valence-electron chi connectivity index (χ2n) is 8.66. The standard InChI is InChI=1S/C26H29F3N4O4/c1-32-23(11-12-30-32)22-17-19(5-10-24(22)35-16-15-33-13-3-2-4-14-33)31-25(34)18-36-20-6-8-21(9-7-20)37-26(27,28)29/h5-12,17H,2-4,13-16,18H2,1H3,(H,31,34). The second-order valence-corrected chi connectivity index (χ2v) is 8.66. The van der Waals surface area contributed by atoms with Crippen molar-refractivity contribution < 1.29 is 32.2 Å². The molecule has 0 spiro atoms. The quantitative estimate of drug-likeness (QED) is 0.413. The lowest BCUT2D eigenvalue weighted by atomic mass is 10.1. The molecule has 37 heavy (non-hydrogen) atoms. The predicted octanol–water partition coefficient (Wildman–Crippen LogP) is 4.87. The molecule has 0 saturated carbocycles. The molecule has 1 amide bonds. The summed E-state index contributed by atoms with van der Waals surface area (Å²) in [6, 6.07) is 12.1. The highest BCUT2D eigenvalue weighted by atomic mass is 19.4. The molecule has 1 saturated heterocycles. The largest absolute Gasteiger partial charge is 0.573 e. The Morgan fingerprint density at radius 1 is 1.00 bits per heavy atom. The smallest absolute Gasteiger partial charge is 0.492 e.